The zero-order valence-electron chi connectivity index (χ0n) is 14.5. The second kappa shape index (κ2) is 6.56. The maximum Gasteiger partial charge on any atom is 0.284 e. The van der Waals surface area contributed by atoms with E-state index in [1.807, 2.05) is 48.5 Å². The minimum atomic E-state index is -4.94. The number of H-pyrrole nitrogens is 1. The van der Waals surface area contributed by atoms with Crippen molar-refractivity contribution < 1.29 is 25.9 Å². The van der Waals surface area contributed by atoms with E-state index in [9.17, 15) is 16.8 Å². The van der Waals surface area contributed by atoms with Crippen LogP contribution < -0.4 is 0 Å². The van der Waals surface area contributed by atoms with Gasteiger partial charge < -0.3 is 4.98 Å². The molecule has 7 nitrogen and oxygen atoms in total. The molecule has 3 N–H and O–H groups in total. The number of aromatic amines is 1. The number of aryl methyl sites for hydroxylation is 1. The van der Waals surface area contributed by atoms with E-state index in [0.717, 1.165) is 32.4 Å². The third-order valence-electron chi connectivity index (χ3n) is 4.98. The third kappa shape index (κ3) is 3.26. The van der Waals surface area contributed by atoms with E-state index in [4.69, 9.17) is 9.11 Å². The number of rotatable bonds is 5. The summed E-state index contributed by atoms with van der Waals surface area (Å²) in [5, 5.41) is 5.10. The largest absolute Gasteiger partial charge is 0.360 e. The number of aromatic nitrogens is 1. The van der Waals surface area contributed by atoms with Crippen molar-refractivity contribution in [2.75, 3.05) is 0 Å². The van der Waals surface area contributed by atoms with Crippen LogP contribution in [0.2, 0.25) is 0 Å². The summed E-state index contributed by atoms with van der Waals surface area (Å²) in [5.41, 5.74) is 1.55. The zero-order chi connectivity index (χ0) is 20.1. The number of nitrogens with one attached hydrogen (secondary N) is 1. The summed E-state index contributed by atoms with van der Waals surface area (Å²) < 4.78 is 61.2. The lowest BCUT2D eigenvalue weighted by atomic mass is 9.99. The van der Waals surface area contributed by atoms with Crippen LogP contribution in [-0.4, -0.2) is 35.5 Å². The Morgan fingerprint density at radius 3 is 2.14 bits per heavy atom. The van der Waals surface area contributed by atoms with E-state index in [1.165, 1.54) is 0 Å². The molecule has 4 aromatic rings. The second-order valence-corrected chi connectivity index (χ2v) is 10.2. The lowest BCUT2D eigenvalue weighted by Gasteiger charge is -2.10. The van der Waals surface area contributed by atoms with Crippen molar-refractivity contribution >= 4 is 52.7 Å². The van der Waals surface area contributed by atoms with Crippen LogP contribution in [0.5, 0.6) is 0 Å². The molecule has 0 fully saturated rings. The van der Waals surface area contributed by atoms with Gasteiger partial charge in [-0.1, -0.05) is 48.5 Å². The Balaban J connectivity index is 1.78. The Bertz CT molecular complexity index is 1390. The van der Waals surface area contributed by atoms with Gasteiger partial charge in [0.05, 0.1) is 5.52 Å². The molecule has 9 heteroatoms. The molecule has 0 radical (unpaired) electrons. The molecule has 0 aliphatic rings. The predicted molar refractivity (Wildman–Crippen MR) is 109 cm³/mol. The smallest absolute Gasteiger partial charge is 0.284 e. The van der Waals surface area contributed by atoms with Crippen LogP contribution in [0, 0.1) is 0 Å². The molecule has 0 atom stereocenters. The fraction of sp³-hybridized carbons (Fsp3) is 0.158. The van der Waals surface area contributed by atoms with Crippen LogP contribution in [0.4, 0.5) is 0 Å². The number of hydrogen-bond acceptors (Lipinski definition) is 4. The van der Waals surface area contributed by atoms with Gasteiger partial charge in [0, 0.05) is 17.0 Å². The van der Waals surface area contributed by atoms with Gasteiger partial charge in [0.1, 0.15) is 0 Å². The van der Waals surface area contributed by atoms with E-state index < -0.39 is 31.2 Å². The molecule has 0 aliphatic carbocycles. The fourth-order valence-corrected chi connectivity index (χ4v) is 5.74. The molecule has 1 aromatic heterocycles. The SMILES string of the molecule is O=S(=O)(O)C(CCc1c[nH]c2c1ccc1c3ccccc3ccc12)S(=O)(=O)O. The fourth-order valence-electron chi connectivity index (χ4n) is 3.68. The van der Waals surface area contributed by atoms with Gasteiger partial charge in [-0.3, -0.25) is 9.11 Å². The molecule has 0 bridgehead atoms. The van der Waals surface area contributed by atoms with E-state index in [2.05, 4.69) is 4.98 Å². The molecule has 0 saturated carbocycles. The van der Waals surface area contributed by atoms with Gasteiger partial charge in [0.2, 0.25) is 4.58 Å². The summed E-state index contributed by atoms with van der Waals surface area (Å²) in [6.45, 7) is 0. The van der Waals surface area contributed by atoms with Crippen LogP contribution in [-0.2, 0) is 26.7 Å². The minimum Gasteiger partial charge on any atom is -0.360 e. The first-order valence-corrected chi connectivity index (χ1v) is 11.5. The molecule has 28 heavy (non-hydrogen) atoms. The number of fused-ring (bicyclic) bond motifs is 5. The highest BCUT2D eigenvalue weighted by Gasteiger charge is 2.35. The van der Waals surface area contributed by atoms with Crippen LogP contribution in [0.3, 0.4) is 0 Å². The Kier molecular flexibility index (Phi) is 4.42. The molecule has 0 spiro atoms. The van der Waals surface area contributed by atoms with Gasteiger partial charge in [0.15, 0.2) is 0 Å². The van der Waals surface area contributed by atoms with E-state index in [0.29, 0.717) is 5.56 Å². The van der Waals surface area contributed by atoms with Gasteiger partial charge in [-0.25, -0.2) is 0 Å². The number of hydrogen-bond donors (Lipinski definition) is 3. The van der Waals surface area contributed by atoms with Gasteiger partial charge in [-0.2, -0.15) is 16.8 Å². The quantitative estimate of drug-likeness (QED) is 0.336. The molecule has 146 valence electrons. The van der Waals surface area contributed by atoms with Gasteiger partial charge in [-0.15, -0.1) is 0 Å². The topological polar surface area (TPSA) is 125 Å². The molecule has 3 aromatic carbocycles. The molecule has 1 heterocycles. The zero-order valence-corrected chi connectivity index (χ0v) is 16.2. The van der Waals surface area contributed by atoms with Crippen molar-refractivity contribution in [3.05, 3.63) is 60.3 Å². The summed E-state index contributed by atoms with van der Waals surface area (Å²) in [6, 6.07) is 15.9. The normalized spacial score (nSPS) is 13.1. The Labute approximate surface area is 161 Å². The van der Waals surface area contributed by atoms with Crippen LogP contribution in [0.1, 0.15) is 12.0 Å². The summed E-state index contributed by atoms with van der Waals surface area (Å²) in [7, 11) is -9.87. The lowest BCUT2D eigenvalue weighted by Crippen LogP contribution is -2.30. The third-order valence-corrected chi connectivity index (χ3v) is 8.24. The predicted octanol–water partition coefficient (Wildman–Crippen LogP) is 3.51. The first-order valence-electron chi connectivity index (χ1n) is 8.49. The highest BCUT2D eigenvalue weighted by Crippen LogP contribution is 2.32. The lowest BCUT2D eigenvalue weighted by molar-refractivity contribution is 0.450. The average Bonchev–Trinajstić information content (AvgIpc) is 3.02. The van der Waals surface area contributed by atoms with Crippen LogP contribution >= 0.6 is 0 Å². The average molecular weight is 419 g/mol. The Morgan fingerprint density at radius 2 is 1.43 bits per heavy atom. The van der Waals surface area contributed by atoms with Crippen LogP contribution in [0.25, 0.3) is 32.4 Å². The highest BCUT2D eigenvalue weighted by atomic mass is 32.3. The standard InChI is InChI=1S/C19H17NO6S2/c21-27(22,23)18(28(24,25)26)10-6-13-11-20-19-15(13)8-9-16-14-4-2-1-3-12(14)5-7-17(16)19/h1-5,7-9,11,18,20H,6,10H2,(H,21,22,23)(H,24,25,26). The van der Waals surface area contributed by atoms with Crippen molar-refractivity contribution in [1.29, 1.82) is 0 Å². The first kappa shape index (κ1) is 18.9. The summed E-state index contributed by atoms with van der Waals surface area (Å²) >= 11 is 0. The molecule has 0 unspecified atom stereocenters. The Morgan fingerprint density at radius 1 is 0.786 bits per heavy atom. The van der Waals surface area contributed by atoms with Crippen molar-refractivity contribution in [3.63, 3.8) is 0 Å². The monoisotopic (exact) mass is 419 g/mol. The van der Waals surface area contributed by atoms with Gasteiger partial charge in [-0.05, 0) is 34.6 Å². The molecular weight excluding hydrogens is 402 g/mol. The van der Waals surface area contributed by atoms with Crippen molar-refractivity contribution in [3.8, 4) is 0 Å². The van der Waals surface area contributed by atoms with Crippen molar-refractivity contribution in [2.45, 2.75) is 17.4 Å². The van der Waals surface area contributed by atoms with E-state index in [1.54, 1.807) is 6.20 Å². The maximum absolute atomic E-state index is 11.3. The van der Waals surface area contributed by atoms with Crippen LogP contribution in [0.15, 0.2) is 54.7 Å². The second-order valence-electron chi connectivity index (χ2n) is 6.68. The molecular formula is C19H17NO6S2. The van der Waals surface area contributed by atoms with Crippen molar-refractivity contribution in [2.24, 2.45) is 0 Å². The summed E-state index contributed by atoms with van der Waals surface area (Å²) in [4.78, 5) is 3.17. The molecule has 0 amide bonds. The van der Waals surface area contributed by atoms with E-state index in [-0.39, 0.29) is 6.42 Å². The Hall–Kier alpha value is -2.46. The minimum absolute atomic E-state index is 0.0450. The van der Waals surface area contributed by atoms with Gasteiger partial charge >= 0.3 is 0 Å². The summed E-state index contributed by atoms with van der Waals surface area (Å²) in [6.07, 6.45) is 1.27. The maximum atomic E-state index is 11.3. The molecule has 4 rings (SSSR count). The summed E-state index contributed by atoms with van der Waals surface area (Å²) in [5.74, 6) is 0. The van der Waals surface area contributed by atoms with E-state index >= 15 is 0 Å². The first-order chi connectivity index (χ1) is 13.2. The van der Waals surface area contributed by atoms with Crippen molar-refractivity contribution in [1.82, 2.24) is 4.98 Å². The highest BCUT2D eigenvalue weighted by molar-refractivity contribution is 8.03. The molecule has 0 saturated heterocycles. The number of benzene rings is 3. The van der Waals surface area contributed by atoms with Gasteiger partial charge in [0.25, 0.3) is 20.2 Å². The molecule has 0 aliphatic heterocycles.